The van der Waals surface area contributed by atoms with Gasteiger partial charge >= 0.3 is 0 Å². The molecule has 2 aromatic heterocycles. The number of fused-ring (bicyclic) bond motifs is 1. The summed E-state index contributed by atoms with van der Waals surface area (Å²) >= 11 is 5.84. The first-order chi connectivity index (χ1) is 11.1. The average molecular weight is 333 g/mol. The number of halogens is 1. The number of nitrogens with zero attached hydrogens (tertiary/aromatic N) is 2. The highest BCUT2D eigenvalue weighted by molar-refractivity contribution is 6.29. The Bertz CT molecular complexity index is 746. The molecule has 1 aliphatic rings. The van der Waals surface area contributed by atoms with Crippen LogP contribution in [0.15, 0.2) is 24.3 Å². The molecule has 0 saturated heterocycles. The van der Waals surface area contributed by atoms with Crippen LogP contribution in [0.5, 0.6) is 0 Å². The first kappa shape index (κ1) is 15.7. The molecule has 23 heavy (non-hydrogen) atoms. The Morgan fingerprint density at radius 1 is 1.17 bits per heavy atom. The molecule has 0 aromatic carbocycles. The maximum Gasteiger partial charge on any atom is 0.225 e. The molecule has 2 amide bonds. The number of rotatable bonds is 6. The van der Waals surface area contributed by atoms with Crippen molar-refractivity contribution in [2.75, 3.05) is 11.9 Å². The summed E-state index contributed by atoms with van der Waals surface area (Å²) in [5.74, 6) is 0.605. The van der Waals surface area contributed by atoms with Gasteiger partial charge in [0.1, 0.15) is 11.0 Å². The first-order valence-electron chi connectivity index (χ1n) is 7.63. The number of amides is 2. The molecule has 0 atom stereocenters. The molecule has 2 heterocycles. The van der Waals surface area contributed by atoms with Crippen molar-refractivity contribution in [3.8, 4) is 0 Å². The Morgan fingerprint density at radius 2 is 1.96 bits per heavy atom. The Labute approximate surface area is 138 Å². The molecular formula is C16H17ClN4O2. The van der Waals surface area contributed by atoms with Gasteiger partial charge in [-0.1, -0.05) is 11.6 Å². The Hall–Kier alpha value is -2.21. The number of pyridine rings is 2. The monoisotopic (exact) mass is 332 g/mol. The van der Waals surface area contributed by atoms with Crippen molar-refractivity contribution >= 4 is 40.3 Å². The summed E-state index contributed by atoms with van der Waals surface area (Å²) in [6, 6.07) is 7.08. The fourth-order valence-electron chi connectivity index (χ4n) is 2.20. The number of nitrogens with one attached hydrogen (secondary N) is 2. The van der Waals surface area contributed by atoms with E-state index in [1.165, 1.54) is 0 Å². The third-order valence-electron chi connectivity index (χ3n) is 3.61. The lowest BCUT2D eigenvalue weighted by molar-refractivity contribution is -0.122. The van der Waals surface area contributed by atoms with Gasteiger partial charge in [-0.25, -0.2) is 9.97 Å². The second-order valence-corrected chi connectivity index (χ2v) is 5.98. The van der Waals surface area contributed by atoms with Crippen LogP contribution < -0.4 is 10.6 Å². The van der Waals surface area contributed by atoms with E-state index in [0.717, 1.165) is 18.2 Å². The highest BCUT2D eigenvalue weighted by atomic mass is 35.5. The van der Waals surface area contributed by atoms with Crippen molar-refractivity contribution < 1.29 is 9.59 Å². The summed E-state index contributed by atoms with van der Waals surface area (Å²) in [7, 11) is 0. The van der Waals surface area contributed by atoms with Crippen LogP contribution in [0.1, 0.15) is 25.7 Å². The molecule has 1 saturated carbocycles. The quantitative estimate of drug-likeness (QED) is 0.629. The second kappa shape index (κ2) is 6.91. The second-order valence-electron chi connectivity index (χ2n) is 5.59. The molecule has 6 nitrogen and oxygen atoms in total. The van der Waals surface area contributed by atoms with Gasteiger partial charge in [-0.3, -0.25) is 9.59 Å². The normalized spacial score (nSPS) is 13.8. The van der Waals surface area contributed by atoms with E-state index in [2.05, 4.69) is 20.6 Å². The van der Waals surface area contributed by atoms with E-state index in [-0.39, 0.29) is 17.7 Å². The summed E-state index contributed by atoms with van der Waals surface area (Å²) < 4.78 is 0. The fraction of sp³-hybridized carbons (Fsp3) is 0.375. The predicted octanol–water partition coefficient (Wildman–Crippen LogP) is 2.53. The van der Waals surface area contributed by atoms with Gasteiger partial charge in [-0.15, -0.1) is 0 Å². The van der Waals surface area contributed by atoms with E-state index < -0.39 is 0 Å². The number of carbonyl (C=O) groups is 2. The molecule has 0 radical (unpaired) electrons. The zero-order chi connectivity index (χ0) is 16.2. The van der Waals surface area contributed by atoms with Gasteiger partial charge in [0.25, 0.3) is 0 Å². The lowest BCUT2D eigenvalue weighted by Crippen LogP contribution is -2.26. The van der Waals surface area contributed by atoms with Gasteiger partial charge in [0, 0.05) is 24.3 Å². The van der Waals surface area contributed by atoms with E-state index in [4.69, 9.17) is 11.6 Å². The standard InChI is InChI=1S/C16H17ClN4O2/c17-12-7-5-10-6-8-13(21-15(10)19-12)20-14(22)2-1-9-18-16(23)11-3-4-11/h5-8,11H,1-4,9H2,(H,18,23)(H,19,20,21,22). The minimum Gasteiger partial charge on any atom is -0.356 e. The first-order valence-corrected chi connectivity index (χ1v) is 8.00. The van der Waals surface area contributed by atoms with E-state index in [1.807, 2.05) is 12.1 Å². The summed E-state index contributed by atoms with van der Waals surface area (Å²) in [4.78, 5) is 31.7. The van der Waals surface area contributed by atoms with Gasteiger partial charge in [-0.2, -0.15) is 0 Å². The SMILES string of the molecule is O=C(CCCNC(=O)C1CC1)Nc1ccc2ccc(Cl)nc2n1. The Morgan fingerprint density at radius 3 is 2.74 bits per heavy atom. The maximum absolute atomic E-state index is 11.9. The van der Waals surface area contributed by atoms with Crippen LogP contribution in [0.2, 0.25) is 5.15 Å². The van der Waals surface area contributed by atoms with Crippen LogP contribution >= 0.6 is 11.6 Å². The van der Waals surface area contributed by atoms with Crippen molar-refractivity contribution in [3.05, 3.63) is 29.4 Å². The predicted molar refractivity (Wildman–Crippen MR) is 88.1 cm³/mol. The molecular weight excluding hydrogens is 316 g/mol. The molecule has 0 aliphatic heterocycles. The number of hydrogen-bond acceptors (Lipinski definition) is 4. The Kier molecular flexibility index (Phi) is 4.71. The van der Waals surface area contributed by atoms with Crippen LogP contribution in [-0.2, 0) is 9.59 Å². The van der Waals surface area contributed by atoms with Gasteiger partial charge in [0.2, 0.25) is 11.8 Å². The largest absolute Gasteiger partial charge is 0.356 e. The van der Waals surface area contributed by atoms with Gasteiger partial charge in [0.05, 0.1) is 0 Å². The topological polar surface area (TPSA) is 84.0 Å². The third kappa shape index (κ3) is 4.39. The van der Waals surface area contributed by atoms with Crippen molar-refractivity contribution in [1.82, 2.24) is 15.3 Å². The zero-order valence-corrected chi connectivity index (χ0v) is 13.3. The smallest absolute Gasteiger partial charge is 0.225 e. The molecule has 0 spiro atoms. The van der Waals surface area contributed by atoms with Crippen LogP contribution in [0.4, 0.5) is 5.82 Å². The minimum atomic E-state index is -0.139. The van der Waals surface area contributed by atoms with Crippen molar-refractivity contribution in [3.63, 3.8) is 0 Å². The van der Waals surface area contributed by atoms with E-state index in [1.54, 1.807) is 12.1 Å². The molecule has 0 unspecified atom stereocenters. The summed E-state index contributed by atoms with van der Waals surface area (Å²) in [6.45, 7) is 0.519. The molecule has 7 heteroatoms. The van der Waals surface area contributed by atoms with Crippen molar-refractivity contribution in [2.24, 2.45) is 5.92 Å². The number of carbonyl (C=O) groups excluding carboxylic acids is 2. The molecule has 2 N–H and O–H groups in total. The van der Waals surface area contributed by atoms with Crippen LogP contribution in [-0.4, -0.2) is 28.3 Å². The van der Waals surface area contributed by atoms with Crippen LogP contribution in [0.25, 0.3) is 11.0 Å². The third-order valence-corrected chi connectivity index (χ3v) is 3.82. The Balaban J connectivity index is 1.48. The molecule has 2 aromatic rings. The van der Waals surface area contributed by atoms with Crippen molar-refractivity contribution in [1.29, 1.82) is 0 Å². The highest BCUT2D eigenvalue weighted by Crippen LogP contribution is 2.28. The minimum absolute atomic E-state index is 0.101. The van der Waals surface area contributed by atoms with Gasteiger partial charge < -0.3 is 10.6 Å². The maximum atomic E-state index is 11.9. The molecule has 3 rings (SSSR count). The van der Waals surface area contributed by atoms with Gasteiger partial charge in [-0.05, 0) is 43.5 Å². The summed E-state index contributed by atoms with van der Waals surface area (Å²) in [5, 5.41) is 6.78. The molecule has 0 bridgehead atoms. The zero-order valence-electron chi connectivity index (χ0n) is 12.5. The number of aromatic nitrogens is 2. The molecule has 1 aliphatic carbocycles. The number of hydrogen-bond donors (Lipinski definition) is 2. The van der Waals surface area contributed by atoms with E-state index in [9.17, 15) is 9.59 Å². The molecule has 1 fully saturated rings. The lowest BCUT2D eigenvalue weighted by atomic mass is 10.2. The van der Waals surface area contributed by atoms with Gasteiger partial charge in [0.15, 0.2) is 5.65 Å². The molecule has 120 valence electrons. The van der Waals surface area contributed by atoms with Crippen molar-refractivity contribution in [2.45, 2.75) is 25.7 Å². The number of anilines is 1. The summed E-state index contributed by atoms with van der Waals surface area (Å²) in [6.07, 6.45) is 2.89. The fourth-order valence-corrected chi connectivity index (χ4v) is 2.34. The lowest BCUT2D eigenvalue weighted by Gasteiger charge is -2.06. The van der Waals surface area contributed by atoms with E-state index in [0.29, 0.717) is 36.0 Å². The highest BCUT2D eigenvalue weighted by Gasteiger charge is 2.28. The average Bonchev–Trinajstić information content (AvgIpc) is 3.36. The summed E-state index contributed by atoms with van der Waals surface area (Å²) in [5.41, 5.74) is 0.493. The van der Waals surface area contributed by atoms with Crippen LogP contribution in [0, 0.1) is 5.92 Å². The van der Waals surface area contributed by atoms with E-state index >= 15 is 0 Å². The van der Waals surface area contributed by atoms with Crippen LogP contribution in [0.3, 0.4) is 0 Å².